The summed E-state index contributed by atoms with van der Waals surface area (Å²) in [7, 11) is -3.37. The Hall–Kier alpha value is -3.04. The number of nitrogens with one attached hydrogen (secondary N) is 2. The maximum atomic E-state index is 12.7. The molecule has 0 aliphatic carbocycles. The van der Waals surface area contributed by atoms with Crippen LogP contribution in [-0.2, 0) is 28.7 Å². The van der Waals surface area contributed by atoms with Gasteiger partial charge in [0.25, 0.3) is 5.91 Å². The summed E-state index contributed by atoms with van der Waals surface area (Å²) in [6.07, 6.45) is 3.87. The van der Waals surface area contributed by atoms with E-state index in [0.717, 1.165) is 11.3 Å². The van der Waals surface area contributed by atoms with Crippen molar-refractivity contribution in [2.24, 2.45) is 0 Å². The fourth-order valence-electron chi connectivity index (χ4n) is 3.23. The second kappa shape index (κ2) is 9.84. The molecule has 2 aromatic heterocycles. The van der Waals surface area contributed by atoms with E-state index in [2.05, 4.69) is 20.1 Å². The average Bonchev–Trinajstić information content (AvgIpc) is 3.16. The number of rotatable bonds is 9. The molecule has 0 fully saturated rings. The Kier molecular flexibility index (Phi) is 7.19. The number of carbonyl (C=O) groups is 1. The number of nitrogens with zero attached hydrogens (tertiary/aromatic N) is 3. The first-order chi connectivity index (χ1) is 14.8. The summed E-state index contributed by atoms with van der Waals surface area (Å²) in [6.45, 7) is 5.86. The lowest BCUT2D eigenvalue weighted by atomic mass is 10.1. The highest BCUT2D eigenvalue weighted by molar-refractivity contribution is 7.88. The number of sulfonamides is 1. The smallest absolute Gasteiger partial charge is 0.255 e. The van der Waals surface area contributed by atoms with Crippen LogP contribution in [0.15, 0.2) is 54.9 Å². The number of hydrogen-bond acceptors (Lipinski definition) is 5. The van der Waals surface area contributed by atoms with Gasteiger partial charge in [-0.25, -0.2) is 22.8 Å². The van der Waals surface area contributed by atoms with Crippen LogP contribution in [0.4, 0.5) is 0 Å². The van der Waals surface area contributed by atoms with Crippen molar-refractivity contribution in [3.05, 3.63) is 77.2 Å². The predicted octanol–water partition coefficient (Wildman–Crippen LogP) is 2.59. The molecule has 0 aliphatic heterocycles. The molecule has 1 aromatic carbocycles. The van der Waals surface area contributed by atoms with Crippen LogP contribution in [-0.4, -0.2) is 35.1 Å². The summed E-state index contributed by atoms with van der Waals surface area (Å²) in [5, 5.41) is 7.24. The van der Waals surface area contributed by atoms with E-state index in [4.69, 9.17) is 0 Å². The lowest BCUT2D eigenvalue weighted by Crippen LogP contribution is -2.31. The number of amides is 1. The molecule has 3 aromatic rings. The maximum Gasteiger partial charge on any atom is 0.255 e. The van der Waals surface area contributed by atoms with Gasteiger partial charge in [0.15, 0.2) is 5.82 Å². The van der Waals surface area contributed by atoms with Crippen molar-refractivity contribution >= 4 is 15.9 Å². The van der Waals surface area contributed by atoms with E-state index in [9.17, 15) is 13.2 Å². The molecule has 0 aliphatic rings. The lowest BCUT2D eigenvalue weighted by molar-refractivity contribution is 0.0950. The van der Waals surface area contributed by atoms with Crippen molar-refractivity contribution in [2.45, 2.75) is 45.5 Å². The Morgan fingerprint density at radius 2 is 1.81 bits per heavy atom. The highest BCUT2D eigenvalue weighted by atomic mass is 32.2. The van der Waals surface area contributed by atoms with Crippen LogP contribution in [0.5, 0.6) is 0 Å². The largest absolute Gasteiger partial charge is 0.348 e. The van der Waals surface area contributed by atoms with Crippen molar-refractivity contribution in [1.82, 2.24) is 24.8 Å². The molecule has 0 spiro atoms. The summed E-state index contributed by atoms with van der Waals surface area (Å²) in [4.78, 5) is 17.0. The summed E-state index contributed by atoms with van der Waals surface area (Å²) in [6, 6.07) is 12.6. The molecule has 0 radical (unpaired) electrons. The van der Waals surface area contributed by atoms with E-state index in [1.165, 1.54) is 0 Å². The molecule has 31 heavy (non-hydrogen) atoms. The number of carbonyl (C=O) groups excluding carboxylic acids is 1. The Bertz CT molecular complexity index is 1120. The van der Waals surface area contributed by atoms with Crippen LogP contribution in [0.3, 0.4) is 0 Å². The van der Waals surface area contributed by atoms with Gasteiger partial charge >= 0.3 is 0 Å². The third-order valence-electron chi connectivity index (χ3n) is 4.56. The van der Waals surface area contributed by atoms with Crippen LogP contribution in [0.25, 0.3) is 5.82 Å². The second-order valence-electron chi connectivity index (χ2n) is 7.49. The van der Waals surface area contributed by atoms with Crippen LogP contribution < -0.4 is 10.0 Å². The summed E-state index contributed by atoms with van der Waals surface area (Å²) < 4.78 is 28.3. The molecule has 0 bridgehead atoms. The van der Waals surface area contributed by atoms with E-state index in [-0.39, 0.29) is 17.7 Å². The molecule has 0 saturated heterocycles. The monoisotopic (exact) mass is 441 g/mol. The van der Waals surface area contributed by atoms with Gasteiger partial charge in [-0.2, -0.15) is 5.10 Å². The van der Waals surface area contributed by atoms with Crippen molar-refractivity contribution < 1.29 is 13.2 Å². The zero-order valence-electron chi connectivity index (χ0n) is 17.9. The molecular formula is C22H27N5O3S. The molecular weight excluding hydrogens is 414 g/mol. The van der Waals surface area contributed by atoms with E-state index < -0.39 is 10.0 Å². The fourth-order valence-corrected chi connectivity index (χ4v) is 4.66. The van der Waals surface area contributed by atoms with Crippen LogP contribution in [0.2, 0.25) is 0 Å². The predicted molar refractivity (Wildman–Crippen MR) is 119 cm³/mol. The number of aromatic nitrogens is 3. The van der Waals surface area contributed by atoms with Crippen LogP contribution >= 0.6 is 0 Å². The van der Waals surface area contributed by atoms with Gasteiger partial charge in [0.2, 0.25) is 10.0 Å². The number of hydrogen-bond donors (Lipinski definition) is 2. The van der Waals surface area contributed by atoms with Gasteiger partial charge in [0.05, 0.1) is 23.2 Å². The molecule has 0 atom stereocenters. The number of benzene rings is 1. The van der Waals surface area contributed by atoms with Crippen molar-refractivity contribution in [3.63, 3.8) is 0 Å². The quantitative estimate of drug-likeness (QED) is 0.531. The molecule has 9 heteroatoms. The average molecular weight is 442 g/mol. The highest BCUT2D eigenvalue weighted by Gasteiger charge is 2.17. The minimum atomic E-state index is -3.37. The van der Waals surface area contributed by atoms with E-state index in [1.54, 1.807) is 43.1 Å². The lowest BCUT2D eigenvalue weighted by Gasteiger charge is -2.10. The zero-order valence-corrected chi connectivity index (χ0v) is 18.7. The standard InChI is InChI=1S/C22H27N5O3S/c1-4-20-19(14-25-27(20)21-7-5-6-12-23-21)22(28)24-13-17-8-10-18(11-9-17)15-31(29,30)26-16(2)3/h5-12,14,16,26H,4,13,15H2,1-3H3,(H,24,28). The molecule has 0 unspecified atom stereocenters. The van der Waals surface area contributed by atoms with E-state index >= 15 is 0 Å². The van der Waals surface area contributed by atoms with Gasteiger partial charge < -0.3 is 5.32 Å². The van der Waals surface area contributed by atoms with Crippen LogP contribution in [0, 0.1) is 0 Å². The first-order valence-corrected chi connectivity index (χ1v) is 11.8. The third kappa shape index (κ3) is 5.99. The topological polar surface area (TPSA) is 106 Å². The molecule has 2 heterocycles. The first kappa shape index (κ1) is 22.6. The summed E-state index contributed by atoms with van der Waals surface area (Å²) >= 11 is 0. The van der Waals surface area contributed by atoms with Gasteiger partial charge in [-0.15, -0.1) is 0 Å². The fraction of sp³-hybridized carbons (Fsp3) is 0.318. The molecule has 0 saturated carbocycles. The normalized spacial score (nSPS) is 11.6. The molecule has 8 nitrogen and oxygen atoms in total. The minimum Gasteiger partial charge on any atom is -0.348 e. The first-order valence-electron chi connectivity index (χ1n) is 10.1. The molecule has 164 valence electrons. The zero-order chi connectivity index (χ0) is 22.4. The van der Waals surface area contributed by atoms with Crippen molar-refractivity contribution in [1.29, 1.82) is 0 Å². The highest BCUT2D eigenvalue weighted by Crippen LogP contribution is 2.15. The third-order valence-corrected chi connectivity index (χ3v) is 6.11. The molecule has 1 amide bonds. The Morgan fingerprint density at radius 3 is 2.42 bits per heavy atom. The Labute approximate surface area is 182 Å². The summed E-state index contributed by atoms with van der Waals surface area (Å²) in [5.41, 5.74) is 2.86. The van der Waals surface area contributed by atoms with E-state index in [0.29, 0.717) is 29.9 Å². The Balaban J connectivity index is 1.64. The van der Waals surface area contributed by atoms with Crippen molar-refractivity contribution in [3.8, 4) is 5.82 Å². The molecule has 2 N–H and O–H groups in total. The van der Waals surface area contributed by atoms with Gasteiger partial charge in [-0.1, -0.05) is 37.3 Å². The minimum absolute atomic E-state index is 0.0790. The Morgan fingerprint density at radius 1 is 1.10 bits per heavy atom. The van der Waals surface area contributed by atoms with Gasteiger partial charge in [0.1, 0.15) is 0 Å². The number of pyridine rings is 1. The van der Waals surface area contributed by atoms with Gasteiger partial charge in [0, 0.05) is 18.8 Å². The summed E-state index contributed by atoms with van der Waals surface area (Å²) in [5.74, 6) is 0.368. The molecule has 3 rings (SSSR count). The maximum absolute atomic E-state index is 12.7. The van der Waals surface area contributed by atoms with Gasteiger partial charge in [-0.3, -0.25) is 4.79 Å². The van der Waals surface area contributed by atoms with Crippen molar-refractivity contribution in [2.75, 3.05) is 0 Å². The second-order valence-corrected chi connectivity index (χ2v) is 9.24. The van der Waals surface area contributed by atoms with Crippen LogP contribution in [0.1, 0.15) is 48.0 Å². The van der Waals surface area contributed by atoms with E-state index in [1.807, 2.05) is 37.3 Å². The van der Waals surface area contributed by atoms with Gasteiger partial charge in [-0.05, 0) is 43.5 Å². The SMILES string of the molecule is CCc1c(C(=O)NCc2ccc(CS(=O)(=O)NC(C)C)cc2)cnn1-c1ccccn1.